The van der Waals surface area contributed by atoms with Crippen LogP contribution in [0, 0.1) is 11.2 Å². The zero-order chi connectivity index (χ0) is 26.2. The van der Waals surface area contributed by atoms with Gasteiger partial charge in [0.25, 0.3) is 0 Å². The van der Waals surface area contributed by atoms with Crippen molar-refractivity contribution in [3.05, 3.63) is 17.4 Å². The Balaban J connectivity index is 1.56. The smallest absolute Gasteiger partial charge is 0.416 e. The number of ether oxygens (including phenoxy) is 2. The monoisotopic (exact) mass is 514 g/mol. The summed E-state index contributed by atoms with van der Waals surface area (Å²) in [6, 6.07) is -0.790. The van der Waals surface area contributed by atoms with E-state index in [0.29, 0.717) is 5.56 Å². The summed E-state index contributed by atoms with van der Waals surface area (Å²) in [5.74, 6) is -2.30. The molecular weight excluding hydrogens is 491 g/mol. The van der Waals surface area contributed by atoms with Crippen LogP contribution < -0.4 is 20.4 Å². The number of hydrogen-bond donors (Lipinski definition) is 2. The maximum atomic E-state index is 16.2. The van der Waals surface area contributed by atoms with Gasteiger partial charge in [0.1, 0.15) is 6.61 Å². The Hall–Kier alpha value is -4.07. The van der Waals surface area contributed by atoms with E-state index in [1.165, 1.54) is 4.90 Å². The minimum atomic E-state index is -1.78. The highest BCUT2D eigenvalue weighted by Gasteiger charge is 2.63. The number of nitrogens with one attached hydrogen (secondary N) is 2. The fraction of sp³-hybridized carbons (Fsp3) is 0.478. The van der Waals surface area contributed by atoms with Crippen LogP contribution in [-0.4, -0.2) is 79.8 Å². The second kappa shape index (κ2) is 7.96. The lowest BCUT2D eigenvalue weighted by Crippen LogP contribution is -2.75. The summed E-state index contributed by atoms with van der Waals surface area (Å²) in [4.78, 5) is 57.8. The number of anilines is 2. The molecule has 0 bridgehead atoms. The number of carbonyl (C=O) groups excluding carboxylic acids is 4. The van der Waals surface area contributed by atoms with E-state index >= 15 is 4.39 Å². The lowest BCUT2D eigenvalue weighted by Gasteiger charge is -2.55. The van der Waals surface area contributed by atoms with E-state index < -0.39 is 53.4 Å². The number of fused-ring (bicyclic) bond motifs is 5. The third-order valence-electron chi connectivity index (χ3n) is 7.48. The number of halogens is 1. The Morgan fingerprint density at radius 2 is 1.97 bits per heavy atom. The molecule has 1 aromatic heterocycles. The molecular formula is C23H23FN6O7. The van der Waals surface area contributed by atoms with Gasteiger partial charge < -0.3 is 18.9 Å². The van der Waals surface area contributed by atoms with Crippen LogP contribution in [0.3, 0.4) is 0 Å². The van der Waals surface area contributed by atoms with E-state index in [0.717, 1.165) is 0 Å². The first-order valence-electron chi connectivity index (χ1n) is 11.8. The van der Waals surface area contributed by atoms with Gasteiger partial charge in [-0.05, 0) is 32.2 Å². The van der Waals surface area contributed by atoms with Crippen LogP contribution >= 0.6 is 0 Å². The second-order valence-electron chi connectivity index (χ2n) is 9.72. The van der Waals surface area contributed by atoms with Gasteiger partial charge in [-0.3, -0.25) is 25.2 Å². The van der Waals surface area contributed by atoms with Crippen LogP contribution in [-0.2, 0) is 25.5 Å². The van der Waals surface area contributed by atoms with Crippen molar-refractivity contribution in [2.45, 2.75) is 44.6 Å². The van der Waals surface area contributed by atoms with Crippen LogP contribution in [0.5, 0.6) is 0 Å². The molecule has 2 N–H and O–H groups in total. The van der Waals surface area contributed by atoms with Crippen LogP contribution in [0.1, 0.15) is 19.4 Å². The number of hydrogen-bond acceptors (Lipinski definition) is 10. The van der Waals surface area contributed by atoms with Crippen LogP contribution in [0.2, 0.25) is 0 Å². The molecule has 13 nitrogen and oxygen atoms in total. The number of imide groups is 2. The summed E-state index contributed by atoms with van der Waals surface area (Å²) in [5.41, 5.74) is -1.50. The van der Waals surface area contributed by atoms with Crippen LogP contribution in [0.15, 0.2) is 15.6 Å². The SMILES string of the molecule is C=NC[C@H]1COC(=O)N1c1noc2c(F)c3c(cc12)CC1(C(=O)NC(=O)NC1=O)[C@H]1[C@H](C)O[C@H](C)CN31. The summed E-state index contributed by atoms with van der Waals surface area (Å²) >= 11 is 0. The van der Waals surface area contributed by atoms with Crippen molar-refractivity contribution in [3.63, 3.8) is 0 Å². The van der Waals surface area contributed by atoms with Crippen molar-refractivity contribution in [2.75, 3.05) is 29.5 Å². The summed E-state index contributed by atoms with van der Waals surface area (Å²) in [7, 11) is 0. The molecule has 1 spiro atoms. The molecule has 4 atom stereocenters. The van der Waals surface area contributed by atoms with E-state index in [-0.39, 0.29) is 54.7 Å². The predicted molar refractivity (Wildman–Crippen MR) is 125 cm³/mol. The molecule has 4 aliphatic rings. The molecule has 194 valence electrons. The molecule has 2 aromatic rings. The average Bonchev–Trinajstić information content (AvgIpc) is 3.40. The molecule has 0 aliphatic carbocycles. The van der Waals surface area contributed by atoms with E-state index in [1.807, 2.05) is 0 Å². The van der Waals surface area contributed by atoms with E-state index in [4.69, 9.17) is 14.0 Å². The molecule has 6 rings (SSSR count). The van der Waals surface area contributed by atoms with Crippen LogP contribution in [0.4, 0.5) is 25.5 Å². The van der Waals surface area contributed by atoms with Crippen LogP contribution in [0.25, 0.3) is 11.0 Å². The van der Waals surface area contributed by atoms with Gasteiger partial charge in [0.05, 0.1) is 41.9 Å². The number of urea groups is 1. The number of barbiturate groups is 1. The quantitative estimate of drug-likeness (QED) is 0.448. The van der Waals surface area contributed by atoms with E-state index in [9.17, 15) is 19.2 Å². The Morgan fingerprint density at radius 1 is 1.24 bits per heavy atom. The maximum Gasteiger partial charge on any atom is 0.416 e. The molecule has 5 heterocycles. The van der Waals surface area contributed by atoms with Gasteiger partial charge in [-0.15, -0.1) is 0 Å². The van der Waals surface area contributed by atoms with Gasteiger partial charge >= 0.3 is 12.1 Å². The largest absolute Gasteiger partial charge is 0.447 e. The molecule has 14 heteroatoms. The van der Waals surface area contributed by atoms with Crippen molar-refractivity contribution in [3.8, 4) is 0 Å². The molecule has 4 aliphatic heterocycles. The fourth-order valence-corrected chi connectivity index (χ4v) is 6.11. The number of cyclic esters (lactones) is 1. The number of aromatic nitrogens is 1. The number of aliphatic imine (C=N–C) groups is 1. The molecule has 5 amide bonds. The minimum Gasteiger partial charge on any atom is -0.447 e. The topological polar surface area (TPSA) is 156 Å². The number of carbonyl (C=O) groups is 4. The Morgan fingerprint density at radius 3 is 2.68 bits per heavy atom. The highest BCUT2D eigenvalue weighted by molar-refractivity contribution is 6.20. The summed E-state index contributed by atoms with van der Waals surface area (Å²) in [5, 5.41) is 8.52. The van der Waals surface area contributed by atoms with Gasteiger partial charge in [0, 0.05) is 13.0 Å². The third kappa shape index (κ3) is 3.11. The lowest BCUT2D eigenvalue weighted by atomic mass is 9.66. The van der Waals surface area contributed by atoms with Crippen molar-refractivity contribution >= 4 is 53.1 Å². The van der Waals surface area contributed by atoms with Gasteiger partial charge in [-0.1, -0.05) is 5.16 Å². The van der Waals surface area contributed by atoms with Gasteiger partial charge in [-0.2, -0.15) is 0 Å². The second-order valence-corrected chi connectivity index (χ2v) is 9.72. The maximum absolute atomic E-state index is 16.2. The zero-order valence-corrected chi connectivity index (χ0v) is 19.9. The molecule has 0 radical (unpaired) electrons. The predicted octanol–water partition coefficient (Wildman–Crippen LogP) is 0.883. The highest BCUT2D eigenvalue weighted by Crippen LogP contribution is 2.50. The first-order valence-corrected chi connectivity index (χ1v) is 11.8. The number of rotatable bonds is 3. The summed E-state index contributed by atoms with van der Waals surface area (Å²) in [6.45, 7) is 7.34. The molecule has 0 saturated carbocycles. The summed E-state index contributed by atoms with van der Waals surface area (Å²) in [6.07, 6.45) is -1.93. The van der Waals surface area contributed by atoms with Crippen molar-refractivity contribution in [1.29, 1.82) is 0 Å². The third-order valence-corrected chi connectivity index (χ3v) is 7.48. The number of amides is 5. The Bertz CT molecular complexity index is 1370. The lowest BCUT2D eigenvalue weighted by molar-refractivity contribution is -0.153. The molecule has 3 fully saturated rings. The van der Waals surface area contributed by atoms with E-state index in [2.05, 4.69) is 27.5 Å². The Kier molecular flexibility index (Phi) is 5.02. The number of nitrogens with zero attached hydrogens (tertiary/aromatic N) is 4. The van der Waals surface area contributed by atoms with Gasteiger partial charge in [-0.25, -0.2) is 18.9 Å². The van der Waals surface area contributed by atoms with Crippen molar-refractivity contribution in [1.82, 2.24) is 15.8 Å². The fourth-order valence-electron chi connectivity index (χ4n) is 6.11. The first-order chi connectivity index (χ1) is 17.7. The molecule has 37 heavy (non-hydrogen) atoms. The zero-order valence-electron chi connectivity index (χ0n) is 19.9. The van der Waals surface area contributed by atoms with Gasteiger partial charge in [0.2, 0.25) is 17.4 Å². The van der Waals surface area contributed by atoms with E-state index in [1.54, 1.807) is 24.8 Å². The molecule has 3 saturated heterocycles. The first kappa shape index (κ1) is 23.3. The standard InChI is InChI=1S/C23H23FN6O7/c1-9-7-29-15-11(5-23(17(29)10(2)36-9)19(31)26-21(33)27-20(23)32)4-13-16(14(15)24)37-28-18(13)30-12(6-25-3)8-35-22(30)34/h4,9-10,12,17H,3,5-8H2,1-2H3,(H2,26,27,31,32,33)/t9-,10+,12+,17-/m1/s1. The number of morpholine rings is 1. The molecule has 0 unspecified atom stereocenters. The van der Waals surface area contributed by atoms with Crippen molar-refractivity contribution < 1.29 is 37.6 Å². The van der Waals surface area contributed by atoms with Gasteiger partial charge in [0.15, 0.2) is 17.1 Å². The highest BCUT2D eigenvalue weighted by atomic mass is 19.1. The Labute approximate surface area is 208 Å². The average molecular weight is 514 g/mol. The minimum absolute atomic E-state index is 0.0282. The number of benzene rings is 1. The molecule has 1 aromatic carbocycles. The van der Waals surface area contributed by atoms with Crippen molar-refractivity contribution in [2.24, 2.45) is 10.4 Å². The summed E-state index contributed by atoms with van der Waals surface area (Å²) < 4.78 is 32.7. The normalized spacial score (nSPS) is 28.6.